The molecule has 4 nitrogen and oxygen atoms in total. The Morgan fingerprint density at radius 2 is 2.19 bits per heavy atom. The lowest BCUT2D eigenvalue weighted by atomic mass is 10.1. The van der Waals surface area contributed by atoms with Gasteiger partial charge in [0.2, 0.25) is 0 Å². The molecule has 2 aromatic rings. The Morgan fingerprint density at radius 3 is 2.90 bits per heavy atom. The van der Waals surface area contributed by atoms with Crippen LogP contribution < -0.4 is 0 Å². The molecule has 0 saturated heterocycles. The van der Waals surface area contributed by atoms with E-state index in [2.05, 4.69) is 34.8 Å². The Bertz CT molecular complexity index is 627. The molecule has 21 heavy (non-hydrogen) atoms. The van der Waals surface area contributed by atoms with E-state index in [1.807, 2.05) is 18.2 Å². The van der Waals surface area contributed by atoms with Crippen molar-refractivity contribution in [3.05, 3.63) is 29.0 Å². The van der Waals surface area contributed by atoms with Gasteiger partial charge in [0, 0.05) is 18.0 Å². The number of aromatic amines is 1. The zero-order valence-electron chi connectivity index (χ0n) is 12.6. The second kappa shape index (κ2) is 7.44. The van der Waals surface area contributed by atoms with Gasteiger partial charge in [0.05, 0.1) is 23.6 Å². The number of H-pyrrole nitrogens is 1. The van der Waals surface area contributed by atoms with E-state index in [1.54, 1.807) is 0 Å². The van der Waals surface area contributed by atoms with Crippen molar-refractivity contribution in [1.82, 2.24) is 14.9 Å². The van der Waals surface area contributed by atoms with Crippen LogP contribution in [0.1, 0.15) is 32.5 Å². The van der Waals surface area contributed by atoms with Gasteiger partial charge >= 0.3 is 0 Å². The van der Waals surface area contributed by atoms with Crippen molar-refractivity contribution in [1.29, 1.82) is 5.26 Å². The number of hydrogen-bond donors (Lipinski definition) is 1. The molecule has 1 aromatic heterocycles. The van der Waals surface area contributed by atoms with E-state index in [0.29, 0.717) is 17.4 Å². The number of rotatable bonds is 7. The molecule has 1 aromatic carbocycles. The van der Waals surface area contributed by atoms with Crippen molar-refractivity contribution in [3.63, 3.8) is 0 Å². The van der Waals surface area contributed by atoms with Crippen molar-refractivity contribution < 1.29 is 0 Å². The molecule has 0 unspecified atom stereocenters. The van der Waals surface area contributed by atoms with Crippen LogP contribution in [0.25, 0.3) is 11.0 Å². The fourth-order valence-electron chi connectivity index (χ4n) is 2.24. The maximum absolute atomic E-state index is 8.79. The number of nitrogens with one attached hydrogen (secondary N) is 1. The van der Waals surface area contributed by atoms with Gasteiger partial charge in [-0.3, -0.25) is 4.90 Å². The third-order valence-corrected chi connectivity index (χ3v) is 3.66. The van der Waals surface area contributed by atoms with E-state index >= 15 is 0 Å². The maximum atomic E-state index is 8.79. The van der Waals surface area contributed by atoms with Gasteiger partial charge in [0.15, 0.2) is 0 Å². The standard InChI is InChI=1S/C16H21ClN4/c1-12(2)6-9-21(8-3-7-18)11-16-19-14-5-4-13(17)10-15(14)20-16/h4-5,10,12H,3,6,8-9,11H2,1-2H3,(H,19,20). The Hall–Kier alpha value is -1.57. The largest absolute Gasteiger partial charge is 0.341 e. The molecule has 0 aliphatic rings. The van der Waals surface area contributed by atoms with Crippen LogP contribution in [0.4, 0.5) is 0 Å². The lowest BCUT2D eigenvalue weighted by Crippen LogP contribution is -2.26. The van der Waals surface area contributed by atoms with Crippen LogP contribution >= 0.6 is 11.6 Å². The number of hydrogen-bond acceptors (Lipinski definition) is 3. The number of halogens is 1. The van der Waals surface area contributed by atoms with Gasteiger partial charge in [0.1, 0.15) is 5.82 Å². The summed E-state index contributed by atoms with van der Waals surface area (Å²) in [4.78, 5) is 10.2. The van der Waals surface area contributed by atoms with Gasteiger partial charge < -0.3 is 4.98 Å². The summed E-state index contributed by atoms with van der Waals surface area (Å²) >= 11 is 5.99. The second-order valence-corrected chi connectivity index (χ2v) is 6.15. The summed E-state index contributed by atoms with van der Waals surface area (Å²) in [6, 6.07) is 7.88. The number of benzene rings is 1. The van der Waals surface area contributed by atoms with Gasteiger partial charge in [-0.25, -0.2) is 4.98 Å². The van der Waals surface area contributed by atoms with Gasteiger partial charge in [-0.15, -0.1) is 0 Å². The van der Waals surface area contributed by atoms with Crippen molar-refractivity contribution in [2.24, 2.45) is 5.92 Å². The molecule has 0 fully saturated rings. The molecule has 0 aliphatic carbocycles. The number of imidazole rings is 1. The highest BCUT2D eigenvalue weighted by Crippen LogP contribution is 2.18. The second-order valence-electron chi connectivity index (χ2n) is 5.71. The number of nitrogens with zero attached hydrogens (tertiary/aromatic N) is 3. The summed E-state index contributed by atoms with van der Waals surface area (Å²) in [5, 5.41) is 9.50. The van der Waals surface area contributed by atoms with Crippen molar-refractivity contribution in [2.45, 2.75) is 33.2 Å². The zero-order valence-corrected chi connectivity index (χ0v) is 13.3. The first-order valence-corrected chi connectivity index (χ1v) is 7.69. The predicted molar refractivity (Wildman–Crippen MR) is 86.1 cm³/mol. The molecule has 0 bridgehead atoms. The molecule has 0 aliphatic heterocycles. The van der Waals surface area contributed by atoms with Crippen LogP contribution in [-0.2, 0) is 6.54 Å². The highest BCUT2D eigenvalue weighted by atomic mass is 35.5. The Balaban J connectivity index is 2.07. The zero-order chi connectivity index (χ0) is 15.2. The molecule has 0 atom stereocenters. The molecular formula is C16H21ClN4. The predicted octanol–water partition coefficient (Wildman–Crippen LogP) is 3.98. The minimum Gasteiger partial charge on any atom is -0.341 e. The molecule has 0 radical (unpaired) electrons. The topological polar surface area (TPSA) is 55.7 Å². The summed E-state index contributed by atoms with van der Waals surface area (Å²) in [5.41, 5.74) is 1.89. The molecule has 112 valence electrons. The molecular weight excluding hydrogens is 284 g/mol. The molecule has 0 saturated carbocycles. The van der Waals surface area contributed by atoms with Crippen LogP contribution in [0.2, 0.25) is 5.02 Å². The number of nitriles is 1. The van der Waals surface area contributed by atoms with Gasteiger partial charge in [0.25, 0.3) is 0 Å². The van der Waals surface area contributed by atoms with Crippen LogP contribution in [0, 0.1) is 17.2 Å². The fraction of sp³-hybridized carbons (Fsp3) is 0.500. The first kappa shape index (κ1) is 15.8. The lowest BCUT2D eigenvalue weighted by Gasteiger charge is -2.20. The minimum absolute atomic E-state index is 0.546. The van der Waals surface area contributed by atoms with Gasteiger partial charge in [-0.1, -0.05) is 25.4 Å². The van der Waals surface area contributed by atoms with Gasteiger partial charge in [-0.2, -0.15) is 5.26 Å². The lowest BCUT2D eigenvalue weighted by molar-refractivity contribution is 0.250. The molecule has 1 heterocycles. The highest BCUT2D eigenvalue weighted by molar-refractivity contribution is 6.31. The van der Waals surface area contributed by atoms with Crippen LogP contribution in [0.15, 0.2) is 18.2 Å². The van der Waals surface area contributed by atoms with E-state index in [0.717, 1.165) is 42.9 Å². The quantitative estimate of drug-likeness (QED) is 0.842. The molecule has 5 heteroatoms. The number of aromatic nitrogens is 2. The van der Waals surface area contributed by atoms with Crippen molar-refractivity contribution in [3.8, 4) is 6.07 Å². The van der Waals surface area contributed by atoms with Crippen LogP contribution in [-0.4, -0.2) is 28.0 Å². The fourth-order valence-corrected chi connectivity index (χ4v) is 2.41. The third kappa shape index (κ3) is 4.73. The third-order valence-electron chi connectivity index (χ3n) is 3.43. The SMILES string of the molecule is CC(C)CCN(CCC#N)Cc1nc2ccc(Cl)cc2[nH]1. The summed E-state index contributed by atoms with van der Waals surface area (Å²) < 4.78 is 0. The average Bonchev–Trinajstić information content (AvgIpc) is 2.83. The highest BCUT2D eigenvalue weighted by Gasteiger charge is 2.10. The minimum atomic E-state index is 0.546. The van der Waals surface area contributed by atoms with E-state index in [9.17, 15) is 0 Å². The van der Waals surface area contributed by atoms with E-state index in [4.69, 9.17) is 16.9 Å². The summed E-state index contributed by atoms with van der Waals surface area (Å²) in [5.74, 6) is 1.58. The van der Waals surface area contributed by atoms with Crippen molar-refractivity contribution in [2.75, 3.05) is 13.1 Å². The molecule has 1 N–H and O–H groups in total. The van der Waals surface area contributed by atoms with Crippen LogP contribution in [0.5, 0.6) is 0 Å². The smallest absolute Gasteiger partial charge is 0.121 e. The summed E-state index contributed by atoms with van der Waals surface area (Å²) in [6.07, 6.45) is 1.67. The van der Waals surface area contributed by atoms with E-state index in [-0.39, 0.29) is 0 Å². The van der Waals surface area contributed by atoms with Crippen LogP contribution in [0.3, 0.4) is 0 Å². The Kier molecular flexibility index (Phi) is 5.60. The summed E-state index contributed by atoms with van der Waals surface area (Å²) in [6.45, 7) is 6.93. The van der Waals surface area contributed by atoms with E-state index < -0.39 is 0 Å². The summed E-state index contributed by atoms with van der Waals surface area (Å²) in [7, 11) is 0. The van der Waals surface area contributed by atoms with Crippen molar-refractivity contribution >= 4 is 22.6 Å². The Labute approximate surface area is 130 Å². The average molecular weight is 305 g/mol. The number of fused-ring (bicyclic) bond motifs is 1. The maximum Gasteiger partial charge on any atom is 0.121 e. The molecule has 0 amide bonds. The normalized spacial score (nSPS) is 11.4. The first-order valence-electron chi connectivity index (χ1n) is 7.32. The monoisotopic (exact) mass is 304 g/mol. The van der Waals surface area contributed by atoms with Gasteiger partial charge in [-0.05, 0) is 37.1 Å². The molecule has 2 rings (SSSR count). The van der Waals surface area contributed by atoms with E-state index in [1.165, 1.54) is 0 Å². The Morgan fingerprint density at radius 1 is 1.38 bits per heavy atom. The first-order chi connectivity index (χ1) is 10.1. The molecule has 0 spiro atoms.